The van der Waals surface area contributed by atoms with Crippen molar-refractivity contribution in [1.82, 2.24) is 38.8 Å². The summed E-state index contributed by atoms with van der Waals surface area (Å²) < 4.78 is 124. The van der Waals surface area contributed by atoms with E-state index in [0.717, 1.165) is 33.0 Å². The van der Waals surface area contributed by atoms with Crippen molar-refractivity contribution in [3.05, 3.63) is 150 Å². The second kappa shape index (κ2) is 30.9. The van der Waals surface area contributed by atoms with Crippen molar-refractivity contribution in [2.75, 3.05) is 37.0 Å². The Hall–Kier alpha value is -8.59. The third-order valence-corrected chi connectivity index (χ3v) is 17.6. The van der Waals surface area contributed by atoms with Crippen molar-refractivity contribution in [1.29, 1.82) is 0 Å². The highest BCUT2D eigenvalue weighted by Crippen LogP contribution is 2.53. The molecule has 0 saturated carbocycles. The molecular formula is C54H73F3N18O20P2. The number of anilines is 3. The second-order valence-corrected chi connectivity index (χ2v) is 26.4. The molecule has 3 fully saturated rings. The van der Waals surface area contributed by atoms with Gasteiger partial charge in [0, 0.05) is 28.4 Å². The number of carbonyl (C=O) groups is 2. The standard InChI is InChI=1S/C22H29FN7O8P.C22H31FN5O8P.C10H13FN6O4/c1-13(2)36-17(31)14(3)27-39(34,38-15-8-6-5-7-9-15)35-12-22(23)18(32)21(4,28-29-25)19(37-22)30-11-10-16(24)26-20(30)33;1-13(2)34-17(29)14(3)27-37(32,36-15-8-6-5-7-9-15)33-12-22(23)18(30)21(4,25)19(35-22)28-11-10-16(24)26-20(28)31;1-9(15-16-13)6(19)10(11,4-18)21-7(9)17-3-2-5(12)14-8(17)20/h5-11,13-14,18-19,32H,12H2,1-4H3,(H,27,34)(H2,24,26,33);5-11,13-14,18-19,30H,12,25H2,1-4H3,(H,27,32)(H2,24,26,31);2-3,6-7,18-19H,4H2,1H3,(H2,12,14,20)/t14-,18-,19+,21+,22+,39?;14-,18-,19+,21+,22+,37?;6-,7+,9+,10+/m000/s1. The number of ether oxygens (including phenoxy) is 5. The minimum atomic E-state index is -4.56. The first-order valence-electron chi connectivity index (χ1n) is 28.8. The van der Waals surface area contributed by atoms with Gasteiger partial charge in [0.1, 0.15) is 90.2 Å². The number of benzene rings is 2. The molecular weight excluding hydrogens is 1340 g/mol. The smallest absolute Gasteiger partial charge is 0.459 e. The van der Waals surface area contributed by atoms with E-state index >= 15 is 8.78 Å². The maximum atomic E-state index is 16.2. The van der Waals surface area contributed by atoms with Crippen LogP contribution in [0.15, 0.2) is 122 Å². The van der Waals surface area contributed by atoms with Gasteiger partial charge in [-0.15, -0.1) is 0 Å². The molecule has 38 nitrogen and oxygen atoms in total. The molecule has 3 aromatic heterocycles. The summed E-state index contributed by atoms with van der Waals surface area (Å²) in [5.74, 6) is -10.8. The summed E-state index contributed by atoms with van der Waals surface area (Å²) in [5.41, 5.74) is 31.6. The molecule has 43 heteroatoms. The zero-order chi connectivity index (χ0) is 72.4. The predicted molar refractivity (Wildman–Crippen MR) is 332 cm³/mol. The average molecular weight is 1410 g/mol. The fourth-order valence-electron chi connectivity index (χ4n) is 9.47. The van der Waals surface area contributed by atoms with Crippen LogP contribution in [0.3, 0.4) is 0 Å². The molecule has 2 aromatic carbocycles. The monoisotopic (exact) mass is 1410 g/mol. The molecule has 0 bridgehead atoms. The summed E-state index contributed by atoms with van der Waals surface area (Å²) in [6.07, 6.45) is -8.47. The van der Waals surface area contributed by atoms with Crippen LogP contribution in [0.4, 0.5) is 30.6 Å². The zero-order valence-corrected chi connectivity index (χ0v) is 54.9. The molecule has 3 aliphatic heterocycles. The number of nitrogen functional groups attached to an aromatic ring is 3. The molecule has 16 atom stereocenters. The molecule has 3 aliphatic rings. The molecule has 6 heterocycles. The number of nitrogens with zero attached hydrogens (tertiary/aromatic N) is 12. The van der Waals surface area contributed by atoms with Crippen LogP contribution < -0.4 is 59.2 Å². The lowest BCUT2D eigenvalue weighted by Crippen LogP contribution is -2.55. The van der Waals surface area contributed by atoms with E-state index in [2.05, 4.69) is 45.2 Å². The van der Waals surface area contributed by atoms with E-state index in [0.29, 0.717) is 0 Å². The quantitative estimate of drug-likeness (QED) is 0.0139. The Morgan fingerprint density at radius 3 is 1.25 bits per heavy atom. The molecule has 0 spiro atoms. The topological polar surface area (TPSA) is 563 Å². The van der Waals surface area contributed by atoms with Gasteiger partial charge in [-0.25, -0.2) is 36.7 Å². The molecule has 2 unspecified atom stereocenters. The van der Waals surface area contributed by atoms with Crippen molar-refractivity contribution in [2.45, 2.75) is 158 Å². The fraction of sp³-hybridized carbons (Fsp3) is 0.519. The molecule has 5 aromatic rings. The van der Waals surface area contributed by atoms with Gasteiger partial charge in [-0.05, 0) is 116 Å². The van der Waals surface area contributed by atoms with Crippen molar-refractivity contribution in [2.24, 2.45) is 16.0 Å². The van der Waals surface area contributed by atoms with Gasteiger partial charge in [0.15, 0.2) is 18.7 Å². The number of hydrogen-bond acceptors (Lipinski definition) is 29. The van der Waals surface area contributed by atoms with E-state index in [-0.39, 0.29) is 29.0 Å². The number of carbonyl (C=O) groups excluding carboxylic acids is 2. The van der Waals surface area contributed by atoms with Gasteiger partial charge in [-0.2, -0.15) is 25.1 Å². The van der Waals surface area contributed by atoms with Crippen LogP contribution >= 0.6 is 15.5 Å². The first kappa shape index (κ1) is 77.4. The number of alkyl halides is 3. The Labute approximate surface area is 548 Å². The molecule has 530 valence electrons. The number of rotatable bonds is 24. The van der Waals surface area contributed by atoms with E-state index in [1.807, 2.05) is 0 Å². The fourth-order valence-corrected chi connectivity index (χ4v) is 12.5. The molecule has 0 radical (unpaired) electrons. The van der Waals surface area contributed by atoms with Gasteiger partial charge in [-0.3, -0.25) is 32.3 Å². The van der Waals surface area contributed by atoms with E-state index in [9.17, 15) is 52.8 Å². The normalized spacial score (nSPS) is 29.1. The Balaban J connectivity index is 0.000000240. The maximum Gasteiger partial charge on any atom is 0.459 e. The maximum absolute atomic E-state index is 16.2. The van der Waals surface area contributed by atoms with Crippen LogP contribution in [0.2, 0.25) is 0 Å². The summed E-state index contributed by atoms with van der Waals surface area (Å²) >= 11 is 0. The van der Waals surface area contributed by atoms with Gasteiger partial charge in [0.05, 0.1) is 17.7 Å². The van der Waals surface area contributed by atoms with Gasteiger partial charge in [0.25, 0.3) is 17.6 Å². The van der Waals surface area contributed by atoms with Crippen LogP contribution in [0.5, 0.6) is 11.5 Å². The number of nitrogens with one attached hydrogen (secondary N) is 2. The molecule has 3 saturated heterocycles. The van der Waals surface area contributed by atoms with Crippen LogP contribution in [-0.2, 0) is 51.5 Å². The lowest BCUT2D eigenvalue weighted by molar-refractivity contribution is -0.207. The molecule has 14 N–H and O–H groups in total. The van der Waals surface area contributed by atoms with E-state index in [1.54, 1.807) is 64.1 Å². The lowest BCUT2D eigenvalue weighted by Gasteiger charge is -2.29. The highest BCUT2D eigenvalue weighted by molar-refractivity contribution is 7.52. The molecule has 8 rings (SSSR count). The SMILES string of the molecule is CC(C)OC(=O)[C@H](C)NP(=O)(OC[C@@]1(F)O[C@@H](n2ccc(N)nc2=O)[C@](C)(N)[C@@H]1O)Oc1ccccc1.CC(C)OC(=O)[C@H](C)NP(=O)(OC[C@@]1(F)O[C@@H](n2ccc(N)nc2=O)[C@](C)(N=[N+]=[N-])[C@@H]1O)Oc1ccccc1.C[C@]1(N=[N+]=[N-])[C@H](n2ccc(N)nc2=O)O[C@](F)(CO)[C@H]1O. The van der Waals surface area contributed by atoms with Crippen LogP contribution in [0.25, 0.3) is 20.9 Å². The van der Waals surface area contributed by atoms with Crippen molar-refractivity contribution in [3.63, 3.8) is 0 Å². The minimum absolute atomic E-state index is 0.0508. The average Bonchev–Trinajstić information content (AvgIpc) is 1.58. The minimum Gasteiger partial charge on any atom is -0.462 e. The third kappa shape index (κ3) is 18.0. The highest BCUT2D eigenvalue weighted by atomic mass is 31.2. The summed E-state index contributed by atoms with van der Waals surface area (Å²) in [6.45, 7) is 9.20. The molecule has 97 heavy (non-hydrogen) atoms. The summed E-state index contributed by atoms with van der Waals surface area (Å²) in [6, 6.07) is 16.8. The van der Waals surface area contributed by atoms with Crippen molar-refractivity contribution in [3.8, 4) is 11.5 Å². The molecule has 0 amide bonds. The Morgan fingerprint density at radius 2 is 0.918 bits per heavy atom. The van der Waals surface area contributed by atoms with E-state index in [1.165, 1.54) is 76.4 Å². The number of aliphatic hydroxyl groups is 4. The van der Waals surface area contributed by atoms with Crippen LogP contribution in [0.1, 0.15) is 81.0 Å². The Morgan fingerprint density at radius 1 is 0.598 bits per heavy atom. The Kier molecular flexibility index (Phi) is 24.6. The number of esters is 2. The first-order valence-corrected chi connectivity index (χ1v) is 31.9. The predicted octanol–water partition coefficient (Wildman–Crippen LogP) is 3.26. The largest absolute Gasteiger partial charge is 0.462 e. The number of halogens is 3. The zero-order valence-electron chi connectivity index (χ0n) is 53.2. The molecule has 0 aliphatic carbocycles. The number of nitrogens with two attached hydrogens (primary N) is 4. The first-order chi connectivity index (χ1) is 45.2. The van der Waals surface area contributed by atoms with Gasteiger partial charge in [0.2, 0.25) is 0 Å². The van der Waals surface area contributed by atoms with Crippen LogP contribution in [-0.4, -0.2) is 158 Å². The van der Waals surface area contributed by atoms with Crippen molar-refractivity contribution >= 4 is 44.9 Å². The number of hydrogen-bond donors (Lipinski definition) is 10. The highest BCUT2D eigenvalue weighted by Gasteiger charge is 2.66. The van der Waals surface area contributed by atoms with E-state index in [4.69, 9.17) is 80.9 Å². The van der Waals surface area contributed by atoms with Crippen molar-refractivity contribution < 1.29 is 94.1 Å². The van der Waals surface area contributed by atoms with Gasteiger partial charge in [-0.1, -0.05) is 46.6 Å². The summed E-state index contributed by atoms with van der Waals surface area (Å²) in [4.78, 5) is 76.9. The summed E-state index contributed by atoms with van der Waals surface area (Å²) in [7, 11) is -9.05. The van der Waals surface area contributed by atoms with Gasteiger partial charge < -0.3 is 76.1 Å². The number of para-hydroxylation sites is 2. The number of aliphatic hydroxyl groups excluding tert-OH is 4. The number of aromatic nitrogens is 6. The summed E-state index contributed by atoms with van der Waals surface area (Å²) in [5, 5.41) is 52.3. The third-order valence-electron chi connectivity index (χ3n) is 14.3. The van der Waals surface area contributed by atoms with Gasteiger partial charge >= 0.3 is 44.5 Å². The second-order valence-electron chi connectivity index (χ2n) is 23.0. The van der Waals surface area contributed by atoms with E-state index < -0.39 is 160 Å². The number of azide groups is 2. The Bertz CT molecular complexity index is 3990. The lowest BCUT2D eigenvalue weighted by atomic mass is 9.92. The van der Waals surface area contributed by atoms with Crippen LogP contribution in [0, 0.1) is 0 Å².